The first-order chi connectivity index (χ1) is 6.50. The van der Waals surface area contributed by atoms with Crippen molar-refractivity contribution < 1.29 is 45.4 Å². The molecule has 0 aromatic heterocycles. The molecule has 0 aromatic rings. The zero-order chi connectivity index (χ0) is 14.0. The molecule has 0 amide bonds. The Kier molecular flexibility index (Phi) is 8.73. The van der Waals surface area contributed by atoms with Crippen molar-refractivity contribution in [2.45, 2.75) is 51.0 Å². The molecule has 0 unspecified atom stereocenters. The molecule has 0 saturated carbocycles. The third kappa shape index (κ3) is 10.1. The van der Waals surface area contributed by atoms with Gasteiger partial charge in [0.25, 0.3) is 0 Å². The predicted octanol–water partition coefficient (Wildman–Crippen LogP) is 0.658. The second kappa shape index (κ2) is 6.56. The van der Waals surface area contributed by atoms with Crippen LogP contribution in [0, 0.1) is 0 Å². The molecule has 0 rings (SSSR count). The van der Waals surface area contributed by atoms with Crippen molar-refractivity contribution in [3.8, 4) is 0 Å². The van der Waals surface area contributed by atoms with Crippen LogP contribution < -0.4 is 0 Å². The van der Waals surface area contributed by atoms with Gasteiger partial charge in [-0.15, -0.1) is 0 Å². The van der Waals surface area contributed by atoms with E-state index in [1.54, 1.807) is 0 Å². The van der Waals surface area contributed by atoms with E-state index in [9.17, 15) is 25.9 Å². The van der Waals surface area contributed by atoms with E-state index in [0.717, 1.165) is 0 Å². The molecule has 0 N–H and O–H groups in total. The fraction of sp³-hybridized carbons (Fsp3) is 1.00. The standard InChI is InChI=1S/2C4H10O3S.Zn/c2*1-4(2,3)8(5,6)7;/h2*1-3H3,(H,5,6,7);/q;;+2/p-2. The van der Waals surface area contributed by atoms with Crippen molar-refractivity contribution in [3.05, 3.63) is 0 Å². The summed E-state index contributed by atoms with van der Waals surface area (Å²) in [6.07, 6.45) is 0. The zero-order valence-corrected chi connectivity index (χ0v) is 15.6. The Morgan fingerprint density at radius 3 is 0.706 bits per heavy atom. The van der Waals surface area contributed by atoms with Gasteiger partial charge in [0.15, 0.2) is 0 Å². The summed E-state index contributed by atoms with van der Waals surface area (Å²) in [4.78, 5) is 0. The molecule has 0 bridgehead atoms. The summed E-state index contributed by atoms with van der Waals surface area (Å²) in [5.74, 6) is 0. The monoisotopic (exact) mass is 338 g/mol. The van der Waals surface area contributed by atoms with E-state index in [1.165, 1.54) is 41.5 Å². The molecule has 0 aliphatic carbocycles. The summed E-state index contributed by atoms with van der Waals surface area (Å²) in [6, 6.07) is 0. The molecular formula is C8H18O6S2Zn. The van der Waals surface area contributed by atoms with E-state index in [1.807, 2.05) is 0 Å². The topological polar surface area (TPSA) is 114 Å². The number of rotatable bonds is 0. The molecule has 100 valence electrons. The minimum Gasteiger partial charge on any atom is -0.748 e. The first-order valence-electron chi connectivity index (χ1n) is 4.41. The van der Waals surface area contributed by atoms with Gasteiger partial charge in [0.05, 0.1) is 29.7 Å². The number of hydrogen-bond acceptors (Lipinski definition) is 6. The predicted molar refractivity (Wildman–Crippen MR) is 58.9 cm³/mol. The molecule has 0 radical (unpaired) electrons. The van der Waals surface area contributed by atoms with Crippen LogP contribution in [0.15, 0.2) is 0 Å². The van der Waals surface area contributed by atoms with Gasteiger partial charge in [-0.05, 0) is 41.5 Å². The summed E-state index contributed by atoms with van der Waals surface area (Å²) in [5.41, 5.74) is 0. The molecule has 0 aromatic carbocycles. The molecule has 9 heteroatoms. The van der Waals surface area contributed by atoms with Crippen LogP contribution in [0.25, 0.3) is 0 Å². The van der Waals surface area contributed by atoms with Crippen LogP contribution in [0.5, 0.6) is 0 Å². The van der Waals surface area contributed by atoms with E-state index < -0.39 is 29.7 Å². The summed E-state index contributed by atoms with van der Waals surface area (Å²) in [7, 11) is -8.18. The van der Waals surface area contributed by atoms with Crippen molar-refractivity contribution in [2.24, 2.45) is 0 Å². The first-order valence-corrected chi connectivity index (χ1v) is 7.22. The van der Waals surface area contributed by atoms with Crippen LogP contribution >= 0.6 is 0 Å². The Bertz CT molecular complexity index is 368. The quantitative estimate of drug-likeness (QED) is 0.473. The zero-order valence-electron chi connectivity index (χ0n) is 11.0. The molecule has 0 heterocycles. The van der Waals surface area contributed by atoms with Gasteiger partial charge in [-0.2, -0.15) is 0 Å². The average Bonchev–Trinajstić information content (AvgIpc) is 1.77. The van der Waals surface area contributed by atoms with Crippen LogP contribution in [-0.2, 0) is 39.7 Å². The molecule has 0 saturated heterocycles. The van der Waals surface area contributed by atoms with Crippen molar-refractivity contribution in [3.63, 3.8) is 0 Å². The minimum absolute atomic E-state index is 0. The van der Waals surface area contributed by atoms with E-state index in [4.69, 9.17) is 0 Å². The summed E-state index contributed by atoms with van der Waals surface area (Å²) in [6.45, 7) is 8.22. The van der Waals surface area contributed by atoms with Gasteiger partial charge in [-0.3, -0.25) is 0 Å². The van der Waals surface area contributed by atoms with Crippen LogP contribution in [0.4, 0.5) is 0 Å². The van der Waals surface area contributed by atoms with Crippen molar-refractivity contribution in [2.75, 3.05) is 0 Å². The van der Waals surface area contributed by atoms with Gasteiger partial charge in [-0.25, -0.2) is 16.8 Å². The van der Waals surface area contributed by atoms with E-state index >= 15 is 0 Å². The van der Waals surface area contributed by atoms with Gasteiger partial charge < -0.3 is 9.11 Å². The Labute approximate surface area is 116 Å². The van der Waals surface area contributed by atoms with Crippen LogP contribution in [0.1, 0.15) is 41.5 Å². The molecule has 6 nitrogen and oxygen atoms in total. The fourth-order valence-corrected chi connectivity index (χ4v) is 0. The van der Waals surface area contributed by atoms with Gasteiger partial charge in [-0.1, -0.05) is 0 Å². The largest absolute Gasteiger partial charge is 2.00 e. The third-order valence-electron chi connectivity index (χ3n) is 1.50. The summed E-state index contributed by atoms with van der Waals surface area (Å²) >= 11 is 0. The van der Waals surface area contributed by atoms with Crippen molar-refractivity contribution in [1.82, 2.24) is 0 Å². The second-order valence-corrected chi connectivity index (χ2v) is 9.40. The fourth-order valence-electron chi connectivity index (χ4n) is 0. The maximum absolute atomic E-state index is 10.1. The van der Waals surface area contributed by atoms with Gasteiger partial charge in [0.2, 0.25) is 0 Å². The molecule has 17 heavy (non-hydrogen) atoms. The minimum atomic E-state index is -4.09. The van der Waals surface area contributed by atoms with Crippen LogP contribution in [0.2, 0.25) is 0 Å². The van der Waals surface area contributed by atoms with E-state index in [2.05, 4.69) is 0 Å². The SMILES string of the molecule is CC(C)(C)S(=O)(=O)[O-].CC(C)(C)S(=O)(=O)[O-].[Zn+2]. The molecule has 0 fully saturated rings. The number of hydrogen-bond donors (Lipinski definition) is 0. The Morgan fingerprint density at radius 2 is 0.706 bits per heavy atom. The van der Waals surface area contributed by atoms with E-state index in [-0.39, 0.29) is 19.5 Å². The van der Waals surface area contributed by atoms with Crippen LogP contribution in [-0.4, -0.2) is 35.4 Å². The van der Waals surface area contributed by atoms with E-state index in [0.29, 0.717) is 0 Å². The van der Waals surface area contributed by atoms with Gasteiger partial charge in [0, 0.05) is 0 Å². The van der Waals surface area contributed by atoms with Gasteiger partial charge >= 0.3 is 19.5 Å². The van der Waals surface area contributed by atoms with Crippen LogP contribution in [0.3, 0.4) is 0 Å². The molecule has 0 aliphatic heterocycles. The molecular weight excluding hydrogens is 322 g/mol. The molecule has 0 atom stereocenters. The summed E-state index contributed by atoms with van der Waals surface area (Å²) in [5, 5.41) is 0. The summed E-state index contributed by atoms with van der Waals surface area (Å²) < 4.78 is 58.3. The maximum Gasteiger partial charge on any atom is 2.00 e. The second-order valence-electron chi connectivity index (χ2n) is 5.13. The Morgan fingerprint density at radius 1 is 0.647 bits per heavy atom. The van der Waals surface area contributed by atoms with Crippen molar-refractivity contribution >= 4 is 20.2 Å². The Hall–Kier alpha value is 0.443. The Balaban J connectivity index is -0.000000218. The van der Waals surface area contributed by atoms with Gasteiger partial charge in [0.1, 0.15) is 0 Å². The maximum atomic E-state index is 10.1. The molecule has 0 aliphatic rings. The third-order valence-corrected chi connectivity index (χ3v) is 4.50. The van der Waals surface area contributed by atoms with Crippen molar-refractivity contribution in [1.29, 1.82) is 0 Å². The first kappa shape index (κ1) is 22.6. The molecule has 0 spiro atoms. The normalized spacial score (nSPS) is 13.2. The average molecular weight is 340 g/mol. The smallest absolute Gasteiger partial charge is 0.748 e.